The molecular weight excluding hydrogens is 651 g/mol. The smallest absolute Gasteiger partial charge is 0.131 e. The molecule has 0 aliphatic carbocycles. The first-order chi connectivity index (χ1) is 25.8. The van der Waals surface area contributed by atoms with E-state index in [2.05, 4.69) is 194 Å². The second kappa shape index (κ2) is 14.7. The minimum Gasteiger partial charge on any atom is -0.381 e. The van der Waals surface area contributed by atoms with E-state index in [1.165, 1.54) is 39.0 Å². The van der Waals surface area contributed by atoms with Gasteiger partial charge in [0.05, 0.1) is 12.1 Å². The minimum absolute atomic E-state index is 0.107. The quantitative estimate of drug-likeness (QED) is 0.171. The maximum absolute atomic E-state index is 5.40. The number of benzene rings is 3. The van der Waals surface area contributed by atoms with Gasteiger partial charge in [0.15, 0.2) is 0 Å². The summed E-state index contributed by atoms with van der Waals surface area (Å²) in [5.41, 5.74) is 15.5. The Bertz CT molecular complexity index is 2170. The molecule has 0 aromatic heterocycles. The standard InChI is InChI=1S/C46H49N7/c1-29-6-18-40(47-25-29)33-10-14-35(15-11-33)44-50-45(36-16-12-34(13-17-36)41-19-7-30(2)26-48-41)52-46(51-44)39-23-37(42-20-8-31(3)27-49-42)22-38(24-39)43-21-9-32(4)28-53(43)5/h6-25,28,40,43-45,47-50H,26-27H2,1-5H3,(H,51,52). The van der Waals surface area contributed by atoms with Crippen LogP contribution in [0.25, 0.3) is 11.4 Å². The highest BCUT2D eigenvalue weighted by Gasteiger charge is 2.27. The molecule has 5 heterocycles. The topological polar surface area (TPSA) is 75.8 Å². The van der Waals surface area contributed by atoms with Gasteiger partial charge in [-0.3, -0.25) is 5.32 Å². The summed E-state index contributed by atoms with van der Waals surface area (Å²) >= 11 is 0. The zero-order valence-corrected chi connectivity index (χ0v) is 31.2. The van der Waals surface area contributed by atoms with Gasteiger partial charge >= 0.3 is 0 Å². The number of amidine groups is 1. The molecule has 53 heavy (non-hydrogen) atoms. The van der Waals surface area contributed by atoms with Gasteiger partial charge in [0.1, 0.15) is 18.2 Å². The Morgan fingerprint density at radius 1 is 0.642 bits per heavy atom. The number of dihydropyridines is 3. The van der Waals surface area contributed by atoms with Gasteiger partial charge in [-0.2, -0.15) is 0 Å². The van der Waals surface area contributed by atoms with E-state index in [0.29, 0.717) is 0 Å². The first-order valence-electron chi connectivity index (χ1n) is 18.6. The third-order valence-electron chi connectivity index (χ3n) is 10.5. The van der Waals surface area contributed by atoms with E-state index in [4.69, 9.17) is 4.99 Å². The second-order valence-corrected chi connectivity index (χ2v) is 14.9. The lowest BCUT2D eigenvalue weighted by Crippen LogP contribution is -2.45. The number of aliphatic imine (C=N–C) groups is 1. The zero-order valence-electron chi connectivity index (χ0n) is 31.2. The van der Waals surface area contributed by atoms with Gasteiger partial charge in [-0.15, -0.1) is 0 Å². The van der Waals surface area contributed by atoms with Crippen molar-refractivity contribution in [1.82, 2.24) is 31.5 Å². The fraction of sp³-hybridized carbons (Fsp3) is 0.239. The molecule has 0 bridgehead atoms. The Morgan fingerprint density at radius 2 is 1.28 bits per heavy atom. The van der Waals surface area contributed by atoms with Gasteiger partial charge in [0.25, 0.3) is 0 Å². The lowest BCUT2D eigenvalue weighted by molar-refractivity contribution is 0.386. The number of hydrogen-bond acceptors (Lipinski definition) is 7. The summed E-state index contributed by atoms with van der Waals surface area (Å²) in [6.07, 6.45) is 21.5. The van der Waals surface area contributed by atoms with Crippen LogP contribution in [-0.4, -0.2) is 30.9 Å². The normalized spacial score (nSPS) is 23.8. The number of rotatable bonds is 7. The third kappa shape index (κ3) is 7.57. The fourth-order valence-corrected chi connectivity index (χ4v) is 7.41. The molecule has 5 aliphatic heterocycles. The van der Waals surface area contributed by atoms with Crippen LogP contribution in [0.3, 0.4) is 0 Å². The maximum atomic E-state index is 5.40. The third-order valence-corrected chi connectivity index (χ3v) is 10.5. The Hall–Kier alpha value is -5.79. The van der Waals surface area contributed by atoms with Crippen molar-refractivity contribution in [1.29, 1.82) is 0 Å². The average molecular weight is 700 g/mol. The molecule has 3 aromatic carbocycles. The van der Waals surface area contributed by atoms with Crippen LogP contribution in [0.4, 0.5) is 0 Å². The predicted octanol–water partition coefficient (Wildman–Crippen LogP) is 8.36. The van der Waals surface area contributed by atoms with Crippen molar-refractivity contribution in [2.45, 2.75) is 52.1 Å². The van der Waals surface area contributed by atoms with Crippen LogP contribution < -0.4 is 26.6 Å². The van der Waals surface area contributed by atoms with Crippen LogP contribution >= 0.6 is 0 Å². The maximum Gasteiger partial charge on any atom is 0.131 e. The van der Waals surface area contributed by atoms with Gasteiger partial charge in [-0.25, -0.2) is 4.99 Å². The molecule has 7 heteroatoms. The molecule has 0 spiro atoms. The van der Waals surface area contributed by atoms with E-state index in [1.807, 2.05) is 0 Å². The molecule has 0 amide bonds. The van der Waals surface area contributed by atoms with E-state index in [9.17, 15) is 0 Å². The van der Waals surface area contributed by atoms with Crippen molar-refractivity contribution >= 4 is 17.2 Å². The molecule has 7 nitrogen and oxygen atoms in total. The fourth-order valence-electron chi connectivity index (χ4n) is 7.41. The molecule has 0 radical (unpaired) electrons. The number of likely N-dealkylation sites (N-methyl/N-ethyl adjacent to an activating group) is 1. The molecule has 4 unspecified atom stereocenters. The van der Waals surface area contributed by atoms with Crippen molar-refractivity contribution in [3.05, 3.63) is 189 Å². The van der Waals surface area contributed by atoms with E-state index in [0.717, 1.165) is 52.6 Å². The summed E-state index contributed by atoms with van der Waals surface area (Å²) in [4.78, 5) is 7.69. The lowest BCUT2D eigenvalue weighted by atomic mass is 9.94. The second-order valence-electron chi connectivity index (χ2n) is 14.9. The summed E-state index contributed by atoms with van der Waals surface area (Å²) < 4.78 is 0. The van der Waals surface area contributed by atoms with Crippen LogP contribution in [0.15, 0.2) is 155 Å². The molecular formula is C46H49N7. The lowest BCUT2D eigenvalue weighted by Gasteiger charge is -2.33. The summed E-state index contributed by atoms with van der Waals surface area (Å²) in [7, 11) is 2.15. The van der Waals surface area contributed by atoms with Crippen LogP contribution in [0.1, 0.15) is 91.1 Å². The molecule has 0 fully saturated rings. The first kappa shape index (κ1) is 34.3. The summed E-state index contributed by atoms with van der Waals surface area (Å²) in [6.45, 7) is 10.3. The molecule has 0 saturated carbocycles. The SMILES string of the molecule is CC1=CNC(c2ccc(C3NC(c4cc(C5=CC=C(C)CN5)cc(C5C=CC(C)=CN5C)c4)=NC(c4ccc(C5=CC=C(C)CN5)cc4)N3)cc2)C=C1. The molecule has 0 saturated heterocycles. The van der Waals surface area contributed by atoms with Crippen LogP contribution in [-0.2, 0) is 0 Å². The van der Waals surface area contributed by atoms with Crippen LogP contribution in [0, 0.1) is 0 Å². The number of hydrogen-bond donors (Lipinski definition) is 5. The predicted molar refractivity (Wildman–Crippen MR) is 219 cm³/mol. The van der Waals surface area contributed by atoms with Crippen molar-refractivity contribution in [2.75, 3.05) is 20.1 Å². The Kier molecular flexibility index (Phi) is 9.50. The van der Waals surface area contributed by atoms with E-state index in [1.54, 1.807) is 0 Å². The summed E-state index contributed by atoms with van der Waals surface area (Å²) in [5.74, 6) is 0.863. The van der Waals surface area contributed by atoms with Crippen molar-refractivity contribution in [3.63, 3.8) is 0 Å². The number of nitrogens with one attached hydrogen (secondary N) is 5. The highest BCUT2D eigenvalue weighted by molar-refractivity contribution is 6.00. The van der Waals surface area contributed by atoms with E-state index < -0.39 is 0 Å². The first-order valence-corrected chi connectivity index (χ1v) is 18.6. The Balaban J connectivity index is 1.18. The van der Waals surface area contributed by atoms with Crippen LogP contribution in [0.2, 0.25) is 0 Å². The zero-order chi connectivity index (χ0) is 36.5. The molecule has 4 atom stereocenters. The van der Waals surface area contributed by atoms with Gasteiger partial charge < -0.3 is 26.2 Å². The Morgan fingerprint density at radius 3 is 1.92 bits per heavy atom. The largest absolute Gasteiger partial charge is 0.381 e. The highest BCUT2D eigenvalue weighted by atomic mass is 15.3. The summed E-state index contributed by atoms with van der Waals surface area (Å²) in [5, 5.41) is 18.4. The highest BCUT2D eigenvalue weighted by Crippen LogP contribution is 2.33. The van der Waals surface area contributed by atoms with E-state index >= 15 is 0 Å². The number of allylic oxidation sites excluding steroid dienone is 8. The molecule has 5 aliphatic rings. The van der Waals surface area contributed by atoms with E-state index in [-0.39, 0.29) is 24.4 Å². The molecule has 8 rings (SSSR count). The van der Waals surface area contributed by atoms with Crippen molar-refractivity contribution in [3.8, 4) is 0 Å². The van der Waals surface area contributed by atoms with Gasteiger partial charge in [-0.05, 0) is 103 Å². The Labute approximate surface area is 314 Å². The average Bonchev–Trinajstić information content (AvgIpc) is 3.18. The monoisotopic (exact) mass is 699 g/mol. The van der Waals surface area contributed by atoms with Crippen LogP contribution in [0.5, 0.6) is 0 Å². The van der Waals surface area contributed by atoms with Crippen molar-refractivity contribution < 1.29 is 0 Å². The minimum atomic E-state index is -0.260. The van der Waals surface area contributed by atoms with Gasteiger partial charge in [-0.1, -0.05) is 96.1 Å². The van der Waals surface area contributed by atoms with Gasteiger partial charge in [0, 0.05) is 49.5 Å². The summed E-state index contributed by atoms with van der Waals surface area (Å²) in [6, 6.07) is 24.9. The molecule has 3 aromatic rings. The molecule has 5 N–H and O–H groups in total. The molecule has 268 valence electrons. The van der Waals surface area contributed by atoms with Gasteiger partial charge in [0.2, 0.25) is 0 Å². The number of nitrogens with zero attached hydrogens (tertiary/aromatic N) is 2. The van der Waals surface area contributed by atoms with Crippen molar-refractivity contribution in [2.24, 2.45) is 4.99 Å².